The summed E-state index contributed by atoms with van der Waals surface area (Å²) < 4.78 is 61.6. The van der Waals surface area contributed by atoms with Gasteiger partial charge in [-0.3, -0.25) is 4.79 Å². The Morgan fingerprint density at radius 1 is 0.392 bits per heavy atom. The van der Waals surface area contributed by atoms with Gasteiger partial charge in [-0.15, -0.1) is 0 Å². The number of rotatable bonds is 51. The fourth-order valence-corrected chi connectivity index (χ4v) is 6.56. The molecule has 1 aliphatic rings. The Bertz CT molecular complexity index is 1220. The molecule has 0 aromatic heterocycles. The summed E-state index contributed by atoms with van der Waals surface area (Å²) >= 11 is 0. The highest BCUT2D eigenvalue weighted by Crippen LogP contribution is 2.09. The van der Waals surface area contributed by atoms with E-state index in [9.17, 15) is 4.79 Å². The van der Waals surface area contributed by atoms with Gasteiger partial charge < -0.3 is 157 Å². The Hall–Kier alpha value is -1.69. The second kappa shape index (κ2) is 132. The van der Waals surface area contributed by atoms with E-state index in [-0.39, 0.29) is 63.0 Å². The molecule has 1 aliphatic heterocycles. The van der Waals surface area contributed by atoms with Crippen LogP contribution in [0.1, 0.15) is 218 Å². The van der Waals surface area contributed by atoms with Gasteiger partial charge in [0.25, 0.3) is 0 Å². The molecule has 0 spiro atoms. The Morgan fingerprint density at radius 2 is 0.735 bits per heavy atom. The van der Waals surface area contributed by atoms with Crippen molar-refractivity contribution in [1.29, 1.82) is 0 Å². The van der Waals surface area contributed by atoms with Crippen molar-refractivity contribution in [2.75, 3.05) is 191 Å². The molecular weight excluding hydrogens is 1320 g/mol. The van der Waals surface area contributed by atoms with Crippen LogP contribution in [0, 0.1) is 0 Å². The van der Waals surface area contributed by atoms with Crippen LogP contribution in [0.3, 0.4) is 0 Å². The summed E-state index contributed by atoms with van der Waals surface area (Å²) in [6.45, 7) is 41.8. The summed E-state index contributed by atoms with van der Waals surface area (Å²) in [7, 11) is 1.64. The number of hydrogen-bond donors (Lipinski definition) is 18. The van der Waals surface area contributed by atoms with Gasteiger partial charge in [0.2, 0.25) is 0 Å². The van der Waals surface area contributed by atoms with Crippen molar-refractivity contribution in [3.8, 4) is 0 Å². The monoisotopic (exact) mass is 1500 g/mol. The lowest BCUT2D eigenvalue weighted by atomic mass is 10.2. The molecule has 1 saturated heterocycles. The van der Waals surface area contributed by atoms with Crippen molar-refractivity contribution >= 4 is 5.97 Å². The Kier molecular flexibility index (Phi) is 164. The normalized spacial score (nSPS) is 12.1. The summed E-state index contributed by atoms with van der Waals surface area (Å²) in [6, 6.07) is 0.0825. The van der Waals surface area contributed by atoms with Gasteiger partial charge in [-0.05, 0) is 245 Å². The van der Waals surface area contributed by atoms with Gasteiger partial charge in [-0.1, -0.05) is 12.8 Å². The van der Waals surface area contributed by atoms with Crippen molar-refractivity contribution in [3.63, 3.8) is 0 Å². The average Bonchev–Trinajstić information content (AvgIpc) is 2.03. The predicted molar refractivity (Wildman–Crippen MR) is 422 cm³/mol. The van der Waals surface area contributed by atoms with Gasteiger partial charge in [0.1, 0.15) is 0 Å². The summed E-state index contributed by atoms with van der Waals surface area (Å²) in [5.41, 5.74) is 67.8. The van der Waals surface area contributed by atoms with Crippen LogP contribution in [0.25, 0.3) is 0 Å². The summed E-state index contributed by atoms with van der Waals surface area (Å²) in [6.07, 6.45) is 19.6. The van der Waals surface area contributed by atoms with Crippen LogP contribution in [0.5, 0.6) is 0 Å². The number of ether oxygens (including phenoxy) is 12. The molecule has 0 saturated carbocycles. The van der Waals surface area contributed by atoms with E-state index in [0.717, 1.165) is 155 Å². The van der Waals surface area contributed by atoms with Gasteiger partial charge in [0.15, 0.2) is 25.2 Å². The number of aliphatic hydroxyl groups excluding tert-OH is 5. The summed E-state index contributed by atoms with van der Waals surface area (Å²) in [5.74, 6) is -0.215. The van der Waals surface area contributed by atoms with E-state index in [1.807, 2.05) is 76.2 Å². The van der Waals surface area contributed by atoms with Crippen LogP contribution in [-0.4, -0.2) is 272 Å². The zero-order chi connectivity index (χ0) is 80.6. The number of methoxy groups -OCH3 is 1. The number of aliphatic hydroxyl groups is 5. The number of unbranched alkanes of at least 4 members (excludes halogenated alkanes) is 7. The number of hydrogen-bond acceptors (Lipinski definition) is 31. The average molecular weight is 1500 g/mol. The number of nitrogens with two attached hydrogens (primary N) is 13. The molecule has 0 radical (unpaired) electrons. The number of carbonyl (C=O) groups excluding carboxylic acids is 1. The van der Waals surface area contributed by atoms with E-state index in [2.05, 4.69) is 9.47 Å². The number of carbonyl (C=O) groups is 1. The van der Waals surface area contributed by atoms with E-state index < -0.39 is 0 Å². The van der Waals surface area contributed by atoms with Gasteiger partial charge in [-0.2, -0.15) is 0 Å². The second-order valence-corrected chi connectivity index (χ2v) is 21.8. The molecule has 3 unspecified atom stereocenters. The summed E-state index contributed by atoms with van der Waals surface area (Å²) in [4.78, 5) is 10.6. The molecule has 0 bridgehead atoms. The van der Waals surface area contributed by atoms with Gasteiger partial charge in [0.05, 0.1) is 38.4 Å². The first-order chi connectivity index (χ1) is 49.1. The second-order valence-electron chi connectivity index (χ2n) is 21.8. The molecule has 634 valence electrons. The lowest BCUT2D eigenvalue weighted by Gasteiger charge is -2.16. The maximum Gasteiger partial charge on any atom is 0.307 e. The van der Waals surface area contributed by atoms with Gasteiger partial charge >= 0.3 is 5.97 Å². The lowest BCUT2D eigenvalue weighted by molar-refractivity contribution is -0.143. The minimum atomic E-state index is -0.215. The Labute approximate surface area is 624 Å². The third kappa shape index (κ3) is 164. The molecule has 31 N–H and O–H groups in total. The highest BCUT2D eigenvalue weighted by molar-refractivity contribution is 5.69. The van der Waals surface area contributed by atoms with E-state index in [1.165, 1.54) is 6.42 Å². The maximum atomic E-state index is 10.6. The standard InChI is InChI=1S/C9H21NO2.C8H19NO2.C7H17NO2.C6H13NO2.C6H15NO2.2C6H15NO.C5H11NO.C5H13NO.2C4H11NO.C3H9NO.C2H7NO/c1-3-11-9(12-4-2)7-5-6-8-10;1-3-10-8(11-4-2)6-5-7-9;1-3-9-7(5-6-8)10-4-2;1-3-9-6(8)4-5(2)7;1-3-8-6(5-7)9-4-2;1-6(2)8-5-3-4-7;7-5-3-1-2-4-6-8;6-4-5-2-1-3-7-5;6-4-2-1-3-5-7;1-4(5)3-6-2;5-3-1-2-4-6;4-2-1-3-5;3-1-2-4/h9H,3-8,10H2,1-2H3;8H,3-7,9H2,1-2H3;7H,3-6,8H2,1-2H3;5H,3-4,7H2,1-2H3;6H,3-5,7H2,1-2H3;6H,3-5,7H2,1-2H3;8H,1-7H2;5H,1-4,6H2;7H,1-6H2;4H,3,5H2,1-2H3;6H,1-5H2;5H,1-4H2;4H,1-3H2. The zero-order valence-electron chi connectivity index (χ0n) is 68.1. The van der Waals surface area contributed by atoms with Crippen LogP contribution in [-0.2, 0) is 61.6 Å². The predicted octanol–water partition coefficient (Wildman–Crippen LogP) is 3.46. The minimum Gasteiger partial charge on any atom is -0.466 e. The highest BCUT2D eigenvalue weighted by Gasteiger charge is 2.12. The topological polar surface area (TPSA) is 567 Å². The van der Waals surface area contributed by atoms with E-state index in [1.54, 1.807) is 21.0 Å². The van der Waals surface area contributed by atoms with Gasteiger partial charge in [-0.25, -0.2) is 0 Å². The molecule has 31 nitrogen and oxygen atoms in total. The van der Waals surface area contributed by atoms with Crippen LogP contribution < -0.4 is 74.5 Å². The first kappa shape index (κ1) is 127. The van der Waals surface area contributed by atoms with Crippen LogP contribution in [0.4, 0.5) is 0 Å². The molecule has 0 aliphatic carbocycles. The molecule has 1 rings (SSSR count). The SMILES string of the molecule is CC(C)OCCCN.CCOC(=O)CC(C)N.CCOC(CCCCN)OCC.CCOC(CCCN)OCC.CCOC(CCN)OCC.CCOC(CN)OCC.COCC(C)N.NCC1CCCO1.NCCCCCCO.NCCCCCO.NCCCCO.NCCCO.NCCO. The largest absolute Gasteiger partial charge is 0.466 e. The molecule has 0 aromatic carbocycles. The highest BCUT2D eigenvalue weighted by atomic mass is 16.7. The first-order valence-electron chi connectivity index (χ1n) is 38.2. The molecule has 102 heavy (non-hydrogen) atoms. The van der Waals surface area contributed by atoms with Crippen LogP contribution in [0.15, 0.2) is 0 Å². The number of esters is 1. The third-order valence-electron chi connectivity index (χ3n) is 11.3. The molecule has 3 atom stereocenters. The lowest BCUT2D eigenvalue weighted by Crippen LogP contribution is -2.26. The quantitative estimate of drug-likeness (QED) is 0.0235. The van der Waals surface area contributed by atoms with E-state index >= 15 is 0 Å². The summed E-state index contributed by atoms with van der Waals surface area (Å²) in [5, 5.41) is 40.5. The van der Waals surface area contributed by atoms with Crippen LogP contribution >= 0.6 is 0 Å². The zero-order valence-corrected chi connectivity index (χ0v) is 68.1. The van der Waals surface area contributed by atoms with E-state index in [0.29, 0.717) is 144 Å². The fourth-order valence-electron chi connectivity index (χ4n) is 6.56. The van der Waals surface area contributed by atoms with Crippen molar-refractivity contribution in [1.82, 2.24) is 0 Å². The smallest absolute Gasteiger partial charge is 0.307 e. The van der Waals surface area contributed by atoms with Crippen molar-refractivity contribution in [3.05, 3.63) is 0 Å². The Morgan fingerprint density at radius 3 is 0.980 bits per heavy atom. The fraction of sp³-hybridized carbons (Fsp3) is 0.986. The molecular formula is C71H177N13O18. The Balaban J connectivity index is -0.0000000867. The van der Waals surface area contributed by atoms with E-state index in [4.69, 9.17) is 147 Å². The maximum absolute atomic E-state index is 10.6. The van der Waals surface area contributed by atoms with Crippen LogP contribution in [0.2, 0.25) is 0 Å². The van der Waals surface area contributed by atoms with Gasteiger partial charge in [0, 0.05) is 138 Å². The molecule has 31 heteroatoms. The molecule has 1 heterocycles. The minimum absolute atomic E-state index is 0.0217. The van der Waals surface area contributed by atoms with Crippen molar-refractivity contribution in [2.45, 2.75) is 268 Å². The first-order valence-corrected chi connectivity index (χ1v) is 38.2. The molecule has 0 amide bonds. The molecule has 1 fully saturated rings. The third-order valence-corrected chi connectivity index (χ3v) is 11.3. The van der Waals surface area contributed by atoms with Crippen molar-refractivity contribution < 1.29 is 87.2 Å². The molecule has 0 aromatic rings. The van der Waals surface area contributed by atoms with Crippen molar-refractivity contribution in [2.24, 2.45) is 74.5 Å².